The number of oxazole rings is 1. The van der Waals surface area contributed by atoms with Crippen molar-refractivity contribution in [2.75, 3.05) is 39.3 Å². The Balaban J connectivity index is 1.06. The van der Waals surface area contributed by atoms with Crippen LogP contribution in [0, 0.1) is 5.92 Å². The van der Waals surface area contributed by atoms with Gasteiger partial charge < -0.3 is 29.0 Å². The summed E-state index contributed by atoms with van der Waals surface area (Å²) in [6, 6.07) is 15.1. The molecule has 0 bridgehead atoms. The predicted molar refractivity (Wildman–Crippen MR) is 134 cm³/mol. The molecule has 0 saturated carbocycles. The van der Waals surface area contributed by atoms with E-state index < -0.39 is 0 Å². The van der Waals surface area contributed by atoms with E-state index in [1.54, 1.807) is 11.8 Å². The van der Waals surface area contributed by atoms with Crippen LogP contribution in [0.4, 0.5) is 0 Å². The number of carbonyl (C=O) groups is 2. The Morgan fingerprint density at radius 1 is 1.03 bits per heavy atom. The van der Waals surface area contributed by atoms with Gasteiger partial charge in [0, 0.05) is 45.1 Å². The van der Waals surface area contributed by atoms with Gasteiger partial charge in [0.25, 0.3) is 0 Å². The second-order valence-electron chi connectivity index (χ2n) is 9.36. The topological polar surface area (TPSA) is 97.1 Å². The third-order valence-electron chi connectivity index (χ3n) is 6.92. The Hall–Kier alpha value is -3.59. The van der Waals surface area contributed by atoms with Gasteiger partial charge in [0.05, 0.1) is 6.61 Å². The number of carbonyl (C=O) groups excluding carboxylic acids is 2. The van der Waals surface area contributed by atoms with Crippen molar-refractivity contribution < 1.29 is 23.5 Å². The molecule has 1 aromatic heterocycles. The molecule has 3 aromatic rings. The van der Waals surface area contributed by atoms with Crippen molar-refractivity contribution in [2.45, 2.75) is 32.2 Å². The number of nitrogens with one attached hydrogen (secondary N) is 1. The largest absolute Gasteiger partial charge is 0.494 e. The highest BCUT2D eigenvalue weighted by atomic mass is 16.6. The molecule has 9 nitrogen and oxygen atoms in total. The molecule has 2 aromatic carbocycles. The number of benzene rings is 2. The van der Waals surface area contributed by atoms with Gasteiger partial charge in [-0.3, -0.25) is 9.59 Å². The molecule has 2 saturated heterocycles. The molecule has 0 radical (unpaired) electrons. The van der Waals surface area contributed by atoms with E-state index in [-0.39, 0.29) is 29.9 Å². The van der Waals surface area contributed by atoms with E-state index in [1.807, 2.05) is 53.4 Å². The summed E-state index contributed by atoms with van der Waals surface area (Å²) in [6.45, 7) is 5.48. The molecule has 2 amide bonds. The van der Waals surface area contributed by atoms with Crippen LogP contribution >= 0.6 is 0 Å². The second kappa shape index (κ2) is 11.0. The lowest BCUT2D eigenvalue weighted by Gasteiger charge is -2.38. The molecule has 0 spiro atoms. The van der Waals surface area contributed by atoms with Crippen LogP contribution in [0.5, 0.6) is 17.6 Å². The summed E-state index contributed by atoms with van der Waals surface area (Å²) in [7, 11) is 0. The average molecular weight is 493 g/mol. The lowest BCUT2D eigenvalue weighted by molar-refractivity contribution is -0.142. The predicted octanol–water partition coefficient (Wildman–Crippen LogP) is 3.45. The molecule has 1 N–H and O–H groups in total. The molecule has 190 valence electrons. The van der Waals surface area contributed by atoms with Crippen molar-refractivity contribution >= 4 is 22.9 Å². The molecule has 2 aliphatic rings. The Labute approximate surface area is 210 Å². The Morgan fingerprint density at radius 3 is 2.50 bits per heavy atom. The summed E-state index contributed by atoms with van der Waals surface area (Å²) in [4.78, 5) is 32.6. The lowest BCUT2D eigenvalue weighted by Crippen LogP contribution is -2.53. The number of fused-ring (bicyclic) bond motifs is 1. The van der Waals surface area contributed by atoms with Crippen molar-refractivity contribution in [3.63, 3.8) is 0 Å². The van der Waals surface area contributed by atoms with Gasteiger partial charge in [0.2, 0.25) is 11.8 Å². The first kappa shape index (κ1) is 24.1. The highest BCUT2D eigenvalue weighted by Crippen LogP contribution is 2.27. The minimum atomic E-state index is 0.0309. The van der Waals surface area contributed by atoms with E-state index in [2.05, 4.69) is 10.3 Å². The number of amides is 2. The summed E-state index contributed by atoms with van der Waals surface area (Å²) < 4.78 is 17.3. The van der Waals surface area contributed by atoms with Crippen molar-refractivity contribution in [3.05, 3.63) is 48.5 Å². The molecular formula is C27H32N4O5. The number of hydrogen-bond donors (Lipinski definition) is 1. The molecule has 5 rings (SSSR count). The first-order valence-electron chi connectivity index (χ1n) is 12.6. The van der Waals surface area contributed by atoms with Gasteiger partial charge in [-0.25, -0.2) is 0 Å². The van der Waals surface area contributed by atoms with Gasteiger partial charge in [-0.05, 0) is 62.2 Å². The van der Waals surface area contributed by atoms with E-state index in [0.29, 0.717) is 44.1 Å². The first-order chi connectivity index (χ1) is 17.5. The minimum Gasteiger partial charge on any atom is -0.494 e. The number of ether oxygens (including phenoxy) is 2. The molecule has 2 aliphatic heterocycles. The number of para-hydroxylation sites is 2. The summed E-state index contributed by atoms with van der Waals surface area (Å²) in [5.74, 6) is 1.71. The summed E-state index contributed by atoms with van der Waals surface area (Å²) in [6.07, 6.45) is 2.69. The fourth-order valence-corrected chi connectivity index (χ4v) is 4.87. The summed E-state index contributed by atoms with van der Waals surface area (Å²) >= 11 is 0. The zero-order valence-corrected chi connectivity index (χ0v) is 20.5. The van der Waals surface area contributed by atoms with Crippen LogP contribution in [0.2, 0.25) is 0 Å². The van der Waals surface area contributed by atoms with E-state index in [4.69, 9.17) is 13.9 Å². The Kier molecular flexibility index (Phi) is 7.36. The first-order valence-corrected chi connectivity index (χ1v) is 12.6. The molecule has 2 fully saturated rings. The third kappa shape index (κ3) is 5.79. The number of piperazine rings is 1. The maximum atomic E-state index is 13.0. The van der Waals surface area contributed by atoms with Crippen LogP contribution in [0.1, 0.15) is 26.2 Å². The van der Waals surface area contributed by atoms with Crippen molar-refractivity contribution in [3.8, 4) is 17.6 Å². The highest BCUT2D eigenvalue weighted by molar-refractivity contribution is 5.80. The van der Waals surface area contributed by atoms with Crippen LogP contribution in [0.3, 0.4) is 0 Å². The molecule has 2 atom stereocenters. The van der Waals surface area contributed by atoms with Crippen molar-refractivity contribution in [2.24, 2.45) is 5.92 Å². The number of piperidine rings is 1. The number of rotatable bonds is 7. The SMILES string of the molecule is CC(=O)N1CCN(C(=O)C2CCNC(CCOc3ccc(Oc4nc5ccccc5o4)cc3)C2)CC1. The van der Waals surface area contributed by atoms with Crippen LogP contribution in [0.25, 0.3) is 11.1 Å². The van der Waals surface area contributed by atoms with Gasteiger partial charge in [0.15, 0.2) is 5.58 Å². The maximum Gasteiger partial charge on any atom is 0.400 e. The third-order valence-corrected chi connectivity index (χ3v) is 6.92. The molecule has 3 heterocycles. The van der Waals surface area contributed by atoms with Gasteiger partial charge in [-0.1, -0.05) is 12.1 Å². The van der Waals surface area contributed by atoms with Crippen LogP contribution in [-0.2, 0) is 9.59 Å². The fraction of sp³-hybridized carbons (Fsp3) is 0.444. The van der Waals surface area contributed by atoms with E-state index >= 15 is 0 Å². The van der Waals surface area contributed by atoms with E-state index in [9.17, 15) is 9.59 Å². The zero-order chi connectivity index (χ0) is 24.9. The van der Waals surface area contributed by atoms with Gasteiger partial charge >= 0.3 is 6.08 Å². The molecule has 0 aliphatic carbocycles. The normalized spacial score (nSPS) is 20.4. The van der Waals surface area contributed by atoms with E-state index in [0.717, 1.165) is 37.1 Å². The van der Waals surface area contributed by atoms with Crippen LogP contribution in [-0.4, -0.2) is 72.0 Å². The molecule has 2 unspecified atom stereocenters. The van der Waals surface area contributed by atoms with E-state index in [1.165, 1.54) is 0 Å². The molecule has 36 heavy (non-hydrogen) atoms. The monoisotopic (exact) mass is 492 g/mol. The highest BCUT2D eigenvalue weighted by Gasteiger charge is 2.32. The lowest BCUT2D eigenvalue weighted by atomic mass is 9.89. The van der Waals surface area contributed by atoms with Crippen LogP contribution in [0.15, 0.2) is 52.9 Å². The quantitative estimate of drug-likeness (QED) is 0.540. The number of hydrogen-bond acceptors (Lipinski definition) is 7. The smallest absolute Gasteiger partial charge is 0.400 e. The van der Waals surface area contributed by atoms with Gasteiger partial charge in [0.1, 0.15) is 17.0 Å². The summed E-state index contributed by atoms with van der Waals surface area (Å²) in [5.41, 5.74) is 1.44. The Morgan fingerprint density at radius 2 is 1.75 bits per heavy atom. The number of nitrogens with zero attached hydrogens (tertiary/aromatic N) is 3. The van der Waals surface area contributed by atoms with Crippen LogP contribution < -0.4 is 14.8 Å². The van der Waals surface area contributed by atoms with Gasteiger partial charge in [-0.15, -0.1) is 0 Å². The fourth-order valence-electron chi connectivity index (χ4n) is 4.87. The Bertz CT molecular complexity index is 1150. The molecule has 9 heteroatoms. The maximum absolute atomic E-state index is 13.0. The molecular weight excluding hydrogens is 460 g/mol. The zero-order valence-electron chi connectivity index (χ0n) is 20.5. The minimum absolute atomic E-state index is 0.0309. The average Bonchev–Trinajstić information content (AvgIpc) is 3.32. The summed E-state index contributed by atoms with van der Waals surface area (Å²) in [5, 5.41) is 3.52. The standard InChI is InChI=1S/C27H32N4O5/c1-19(32)30-13-15-31(16-14-30)26(33)20-10-12-28-21(18-20)11-17-34-22-6-8-23(9-7-22)35-27-29-24-4-2-3-5-25(24)36-27/h2-9,20-21,28H,10-18H2,1H3. The number of aromatic nitrogens is 1. The van der Waals surface area contributed by atoms with Crippen molar-refractivity contribution in [1.29, 1.82) is 0 Å². The van der Waals surface area contributed by atoms with Crippen molar-refractivity contribution in [1.82, 2.24) is 20.1 Å². The second-order valence-corrected chi connectivity index (χ2v) is 9.36. The van der Waals surface area contributed by atoms with Gasteiger partial charge in [-0.2, -0.15) is 4.98 Å².